The van der Waals surface area contributed by atoms with Gasteiger partial charge < -0.3 is 5.32 Å². The van der Waals surface area contributed by atoms with Crippen molar-refractivity contribution in [2.45, 2.75) is 59.0 Å². The van der Waals surface area contributed by atoms with E-state index in [2.05, 4.69) is 49.0 Å². The van der Waals surface area contributed by atoms with Gasteiger partial charge in [-0.2, -0.15) is 5.10 Å². The Hall–Kier alpha value is -0.830. The maximum absolute atomic E-state index is 4.63. The SMILES string of the molecule is CCNCc1cnn(C(C)C2CC2)c1C(C)C. The van der Waals surface area contributed by atoms with Crippen LogP contribution < -0.4 is 5.32 Å². The molecule has 0 amide bonds. The van der Waals surface area contributed by atoms with Gasteiger partial charge in [0.2, 0.25) is 0 Å². The molecule has 1 aromatic heterocycles. The molecule has 0 aliphatic heterocycles. The van der Waals surface area contributed by atoms with Crippen LogP contribution in [-0.2, 0) is 6.54 Å². The average molecular weight is 235 g/mol. The molecule has 0 bridgehead atoms. The van der Waals surface area contributed by atoms with Gasteiger partial charge in [-0.25, -0.2) is 0 Å². The standard InChI is InChI=1S/C14H25N3/c1-5-15-8-13-9-16-17(14(13)10(2)3)11(4)12-6-7-12/h9-12,15H,5-8H2,1-4H3. The van der Waals surface area contributed by atoms with E-state index in [0.29, 0.717) is 12.0 Å². The normalized spacial score (nSPS) is 17.7. The first kappa shape index (κ1) is 12.6. The largest absolute Gasteiger partial charge is 0.313 e. The van der Waals surface area contributed by atoms with E-state index in [1.54, 1.807) is 0 Å². The third-order valence-electron chi connectivity index (χ3n) is 3.72. The van der Waals surface area contributed by atoms with Gasteiger partial charge in [0.25, 0.3) is 0 Å². The third-order valence-corrected chi connectivity index (χ3v) is 3.72. The molecule has 3 heteroatoms. The van der Waals surface area contributed by atoms with Crippen LogP contribution in [0.5, 0.6) is 0 Å². The lowest BCUT2D eigenvalue weighted by atomic mass is 10.0. The highest BCUT2D eigenvalue weighted by Gasteiger charge is 2.31. The Kier molecular flexibility index (Phi) is 3.87. The van der Waals surface area contributed by atoms with Crippen molar-refractivity contribution < 1.29 is 0 Å². The lowest BCUT2D eigenvalue weighted by Gasteiger charge is -2.18. The predicted octanol–water partition coefficient (Wildman–Crippen LogP) is 3.09. The predicted molar refractivity (Wildman–Crippen MR) is 71.1 cm³/mol. The number of aromatic nitrogens is 2. The highest BCUT2D eigenvalue weighted by atomic mass is 15.3. The van der Waals surface area contributed by atoms with Crippen LogP contribution in [-0.4, -0.2) is 16.3 Å². The Bertz CT molecular complexity index is 364. The van der Waals surface area contributed by atoms with Crippen LogP contribution in [0.25, 0.3) is 0 Å². The van der Waals surface area contributed by atoms with Crippen molar-refractivity contribution in [3.63, 3.8) is 0 Å². The van der Waals surface area contributed by atoms with Crippen molar-refractivity contribution >= 4 is 0 Å². The van der Waals surface area contributed by atoms with Gasteiger partial charge in [0.15, 0.2) is 0 Å². The Morgan fingerprint density at radius 3 is 2.65 bits per heavy atom. The van der Waals surface area contributed by atoms with Crippen molar-refractivity contribution in [1.29, 1.82) is 0 Å². The minimum Gasteiger partial charge on any atom is -0.313 e. The Balaban J connectivity index is 2.22. The van der Waals surface area contributed by atoms with Crippen LogP contribution >= 0.6 is 0 Å². The van der Waals surface area contributed by atoms with Crippen molar-refractivity contribution in [2.24, 2.45) is 5.92 Å². The fraction of sp³-hybridized carbons (Fsp3) is 0.786. The maximum atomic E-state index is 4.63. The quantitative estimate of drug-likeness (QED) is 0.821. The molecule has 1 fully saturated rings. The second-order valence-electron chi connectivity index (χ2n) is 5.51. The lowest BCUT2D eigenvalue weighted by molar-refractivity contribution is 0.417. The molecule has 1 aromatic rings. The monoisotopic (exact) mass is 235 g/mol. The zero-order chi connectivity index (χ0) is 12.4. The van der Waals surface area contributed by atoms with Crippen molar-refractivity contribution in [2.75, 3.05) is 6.54 Å². The lowest BCUT2D eigenvalue weighted by Crippen LogP contribution is -2.17. The van der Waals surface area contributed by atoms with Crippen LogP contribution in [0.4, 0.5) is 0 Å². The molecule has 1 aliphatic carbocycles. The van der Waals surface area contributed by atoms with E-state index in [-0.39, 0.29) is 0 Å². The molecule has 0 aromatic carbocycles. The zero-order valence-corrected chi connectivity index (χ0v) is 11.5. The van der Waals surface area contributed by atoms with Gasteiger partial charge in [-0.1, -0.05) is 20.8 Å². The summed E-state index contributed by atoms with van der Waals surface area (Å²) >= 11 is 0. The fourth-order valence-corrected chi connectivity index (χ4v) is 2.54. The van der Waals surface area contributed by atoms with Crippen molar-refractivity contribution in [3.05, 3.63) is 17.5 Å². The fourth-order valence-electron chi connectivity index (χ4n) is 2.54. The van der Waals surface area contributed by atoms with Crippen LogP contribution in [0.15, 0.2) is 6.20 Å². The molecule has 17 heavy (non-hydrogen) atoms. The average Bonchev–Trinajstić information content (AvgIpc) is 3.05. The first-order valence-electron chi connectivity index (χ1n) is 6.92. The molecule has 1 atom stereocenters. The first-order chi connectivity index (χ1) is 8.15. The van der Waals surface area contributed by atoms with E-state index in [1.807, 2.05) is 0 Å². The van der Waals surface area contributed by atoms with Crippen molar-refractivity contribution in [1.82, 2.24) is 15.1 Å². The molecule has 0 saturated heterocycles. The first-order valence-corrected chi connectivity index (χ1v) is 6.92. The van der Waals surface area contributed by atoms with E-state index < -0.39 is 0 Å². The molecule has 0 radical (unpaired) electrons. The van der Waals surface area contributed by atoms with Crippen LogP contribution in [0.2, 0.25) is 0 Å². The van der Waals surface area contributed by atoms with Gasteiger partial charge >= 0.3 is 0 Å². The number of nitrogens with zero attached hydrogens (tertiary/aromatic N) is 2. The number of rotatable bonds is 6. The smallest absolute Gasteiger partial charge is 0.0537 e. The summed E-state index contributed by atoms with van der Waals surface area (Å²) in [5, 5.41) is 8.03. The third kappa shape index (κ3) is 2.71. The van der Waals surface area contributed by atoms with E-state index in [1.165, 1.54) is 24.1 Å². The zero-order valence-electron chi connectivity index (χ0n) is 11.5. The summed E-state index contributed by atoms with van der Waals surface area (Å²) in [5.74, 6) is 1.41. The summed E-state index contributed by atoms with van der Waals surface area (Å²) in [6, 6.07) is 0.572. The van der Waals surface area contributed by atoms with E-state index in [9.17, 15) is 0 Å². The highest BCUT2D eigenvalue weighted by Crippen LogP contribution is 2.40. The van der Waals surface area contributed by atoms with Gasteiger partial charge in [-0.15, -0.1) is 0 Å². The number of nitrogens with one attached hydrogen (secondary N) is 1. The molecule has 96 valence electrons. The minimum absolute atomic E-state index is 0.548. The molecular formula is C14H25N3. The summed E-state index contributed by atoms with van der Waals surface area (Å²) < 4.78 is 2.27. The van der Waals surface area contributed by atoms with Gasteiger partial charge in [-0.3, -0.25) is 4.68 Å². The van der Waals surface area contributed by atoms with Gasteiger partial charge in [0.05, 0.1) is 12.2 Å². The van der Waals surface area contributed by atoms with Crippen molar-refractivity contribution in [3.8, 4) is 0 Å². The van der Waals surface area contributed by atoms with Crippen LogP contribution in [0.3, 0.4) is 0 Å². The van der Waals surface area contributed by atoms with Gasteiger partial charge in [-0.05, 0) is 38.1 Å². The second kappa shape index (κ2) is 5.21. The second-order valence-corrected chi connectivity index (χ2v) is 5.51. The molecule has 1 saturated carbocycles. The molecule has 0 spiro atoms. The van der Waals surface area contributed by atoms with Crippen LogP contribution in [0.1, 0.15) is 63.8 Å². The van der Waals surface area contributed by atoms with E-state index in [4.69, 9.17) is 0 Å². The van der Waals surface area contributed by atoms with E-state index >= 15 is 0 Å². The summed E-state index contributed by atoms with van der Waals surface area (Å²) in [6.45, 7) is 11.0. The summed E-state index contributed by atoms with van der Waals surface area (Å²) in [7, 11) is 0. The number of hydrogen-bond acceptors (Lipinski definition) is 2. The summed E-state index contributed by atoms with van der Waals surface area (Å²) in [4.78, 5) is 0. The molecule has 1 aliphatic rings. The summed E-state index contributed by atoms with van der Waals surface area (Å²) in [5.41, 5.74) is 2.79. The molecule has 3 nitrogen and oxygen atoms in total. The van der Waals surface area contributed by atoms with Gasteiger partial charge in [0, 0.05) is 17.8 Å². The summed E-state index contributed by atoms with van der Waals surface area (Å²) in [6.07, 6.45) is 4.80. The topological polar surface area (TPSA) is 29.9 Å². The Labute approximate surface area is 105 Å². The van der Waals surface area contributed by atoms with Crippen LogP contribution in [0, 0.1) is 5.92 Å². The maximum Gasteiger partial charge on any atom is 0.0537 e. The minimum atomic E-state index is 0.548. The van der Waals surface area contributed by atoms with E-state index in [0.717, 1.165) is 19.0 Å². The molecule has 1 unspecified atom stereocenters. The highest BCUT2D eigenvalue weighted by molar-refractivity contribution is 5.22. The number of hydrogen-bond donors (Lipinski definition) is 1. The molecule has 2 rings (SSSR count). The Morgan fingerprint density at radius 1 is 1.41 bits per heavy atom. The molecular weight excluding hydrogens is 210 g/mol. The molecule has 1 N–H and O–H groups in total. The van der Waals surface area contributed by atoms with Gasteiger partial charge in [0.1, 0.15) is 0 Å². The molecule has 1 heterocycles. The Morgan fingerprint density at radius 2 is 2.12 bits per heavy atom.